The topological polar surface area (TPSA) is 105 Å². The van der Waals surface area contributed by atoms with Crippen molar-refractivity contribution in [1.29, 1.82) is 0 Å². The molecule has 1 aliphatic rings. The maximum absolute atomic E-state index is 12.9. The van der Waals surface area contributed by atoms with E-state index in [1.54, 1.807) is 52.0 Å². The molecule has 0 aromatic heterocycles. The van der Waals surface area contributed by atoms with Crippen molar-refractivity contribution in [2.45, 2.75) is 70.9 Å². The molecule has 31 heavy (non-hydrogen) atoms. The van der Waals surface area contributed by atoms with E-state index in [0.29, 0.717) is 0 Å². The molecular formula is C23H32N2O6. The number of nitrogens with one attached hydrogen (secondary N) is 1. The number of benzene rings is 1. The Hall–Kier alpha value is -2.87. The third-order valence-electron chi connectivity index (χ3n) is 4.94. The molecule has 0 aliphatic carbocycles. The van der Waals surface area contributed by atoms with Crippen LogP contribution >= 0.6 is 0 Å². The van der Waals surface area contributed by atoms with Crippen molar-refractivity contribution in [2.75, 3.05) is 6.54 Å². The fourth-order valence-electron chi connectivity index (χ4n) is 2.97. The maximum Gasteiger partial charge on any atom is 0.411 e. The predicted octanol–water partition coefficient (Wildman–Crippen LogP) is 2.55. The lowest BCUT2D eigenvalue weighted by molar-refractivity contribution is -0.157. The van der Waals surface area contributed by atoms with Crippen molar-refractivity contribution >= 4 is 18.0 Å². The number of ether oxygens (including phenoxy) is 2. The molecule has 0 radical (unpaired) electrons. The quantitative estimate of drug-likeness (QED) is 0.507. The van der Waals surface area contributed by atoms with E-state index >= 15 is 0 Å². The lowest BCUT2D eigenvalue weighted by Gasteiger charge is -2.33. The Morgan fingerprint density at radius 1 is 1.19 bits per heavy atom. The number of rotatable bonds is 7. The predicted molar refractivity (Wildman–Crippen MR) is 115 cm³/mol. The molecule has 3 atom stereocenters. The second-order valence-corrected chi connectivity index (χ2v) is 8.75. The summed E-state index contributed by atoms with van der Waals surface area (Å²) >= 11 is 0. The Morgan fingerprint density at radius 2 is 1.84 bits per heavy atom. The van der Waals surface area contributed by atoms with Crippen LogP contribution in [0.2, 0.25) is 0 Å². The van der Waals surface area contributed by atoms with E-state index in [0.717, 1.165) is 5.56 Å². The number of carbonyl (C=O) groups excluding carboxylic acids is 3. The van der Waals surface area contributed by atoms with Gasteiger partial charge in [-0.05, 0) is 39.7 Å². The van der Waals surface area contributed by atoms with Gasteiger partial charge < -0.3 is 19.9 Å². The van der Waals surface area contributed by atoms with Gasteiger partial charge in [0, 0.05) is 6.54 Å². The van der Waals surface area contributed by atoms with Crippen molar-refractivity contribution in [1.82, 2.24) is 10.2 Å². The largest absolute Gasteiger partial charge is 0.459 e. The summed E-state index contributed by atoms with van der Waals surface area (Å²) in [6.45, 7) is 8.59. The highest BCUT2D eigenvalue weighted by molar-refractivity contribution is 5.92. The molecule has 0 bridgehead atoms. The molecule has 8 heteroatoms. The van der Waals surface area contributed by atoms with Gasteiger partial charge in [-0.2, -0.15) is 0 Å². The Morgan fingerprint density at radius 3 is 2.42 bits per heavy atom. The highest BCUT2D eigenvalue weighted by Gasteiger charge is 2.41. The summed E-state index contributed by atoms with van der Waals surface area (Å²) in [4.78, 5) is 39.4. The van der Waals surface area contributed by atoms with Crippen LogP contribution in [-0.2, 0) is 25.7 Å². The molecule has 0 spiro atoms. The van der Waals surface area contributed by atoms with E-state index in [1.807, 2.05) is 18.2 Å². The van der Waals surface area contributed by atoms with Gasteiger partial charge in [0.15, 0.2) is 6.04 Å². The molecule has 0 saturated carbocycles. The summed E-state index contributed by atoms with van der Waals surface area (Å²) in [5.41, 5.74) is -1.47. The van der Waals surface area contributed by atoms with Crippen LogP contribution in [0, 0.1) is 0 Å². The van der Waals surface area contributed by atoms with Crippen molar-refractivity contribution in [3.8, 4) is 0 Å². The van der Waals surface area contributed by atoms with Crippen molar-refractivity contribution in [2.24, 2.45) is 0 Å². The highest BCUT2D eigenvalue weighted by Crippen LogP contribution is 2.20. The first-order valence-electron chi connectivity index (χ1n) is 10.3. The minimum atomic E-state index is -1.54. The Labute approximate surface area is 183 Å². The van der Waals surface area contributed by atoms with Crippen LogP contribution in [-0.4, -0.2) is 57.8 Å². The minimum absolute atomic E-state index is 0.0131. The number of carbonyl (C=O) groups is 3. The van der Waals surface area contributed by atoms with E-state index in [1.165, 1.54) is 11.8 Å². The highest BCUT2D eigenvalue weighted by atomic mass is 16.6. The summed E-state index contributed by atoms with van der Waals surface area (Å²) in [7, 11) is 0. The van der Waals surface area contributed by atoms with Crippen molar-refractivity contribution < 1.29 is 29.0 Å². The molecule has 1 heterocycles. The van der Waals surface area contributed by atoms with Gasteiger partial charge in [-0.1, -0.05) is 49.4 Å². The summed E-state index contributed by atoms with van der Waals surface area (Å²) in [6.07, 6.45) is 2.80. The molecule has 170 valence electrons. The number of aliphatic hydroxyl groups is 1. The molecule has 0 fully saturated rings. The first kappa shape index (κ1) is 24.4. The number of hydrogen-bond acceptors (Lipinski definition) is 6. The Bertz CT molecular complexity index is 813. The summed E-state index contributed by atoms with van der Waals surface area (Å²) in [5.74, 6) is -1.36. The molecule has 1 aromatic carbocycles. The van der Waals surface area contributed by atoms with Crippen LogP contribution < -0.4 is 5.32 Å². The molecule has 2 rings (SSSR count). The summed E-state index contributed by atoms with van der Waals surface area (Å²) in [5, 5.41) is 13.3. The smallest absolute Gasteiger partial charge is 0.411 e. The van der Waals surface area contributed by atoms with E-state index in [2.05, 4.69) is 5.32 Å². The van der Waals surface area contributed by atoms with Gasteiger partial charge in [-0.3, -0.25) is 9.69 Å². The SMILES string of the molecule is CC[C@](C)(O)[C@H](NC(=O)[C@@H]1C=CCN1C(=O)OC(C)(C)C)C(=O)OCc1ccccc1. The van der Waals surface area contributed by atoms with E-state index in [-0.39, 0.29) is 19.6 Å². The van der Waals surface area contributed by atoms with Crippen LogP contribution in [0.25, 0.3) is 0 Å². The maximum atomic E-state index is 12.9. The monoisotopic (exact) mass is 432 g/mol. The third-order valence-corrected chi connectivity index (χ3v) is 4.94. The first-order chi connectivity index (χ1) is 14.4. The zero-order valence-electron chi connectivity index (χ0n) is 18.8. The molecule has 2 N–H and O–H groups in total. The normalized spacial score (nSPS) is 18.8. The zero-order valence-corrected chi connectivity index (χ0v) is 18.8. The van der Waals surface area contributed by atoms with E-state index in [4.69, 9.17) is 9.47 Å². The lowest BCUT2D eigenvalue weighted by Crippen LogP contribution is -2.59. The average molecular weight is 433 g/mol. The van der Waals surface area contributed by atoms with Crippen molar-refractivity contribution in [3.63, 3.8) is 0 Å². The van der Waals surface area contributed by atoms with Crippen LogP contribution in [0.5, 0.6) is 0 Å². The van der Waals surface area contributed by atoms with E-state index < -0.39 is 41.3 Å². The van der Waals surface area contributed by atoms with Gasteiger partial charge in [-0.25, -0.2) is 9.59 Å². The van der Waals surface area contributed by atoms with Gasteiger partial charge in [0.1, 0.15) is 18.2 Å². The van der Waals surface area contributed by atoms with Gasteiger partial charge in [0.25, 0.3) is 0 Å². The molecule has 0 unspecified atom stereocenters. The standard InChI is InChI=1S/C23H32N2O6/c1-6-23(5,29)18(20(27)30-15-16-11-8-7-9-12-16)24-19(26)17-13-10-14-25(17)21(28)31-22(2,3)4/h7-13,17-18,29H,6,14-15H2,1-5H3,(H,24,26)/t17-,18+,23-/m0/s1. The zero-order chi connectivity index (χ0) is 23.2. The second kappa shape index (κ2) is 9.96. The molecule has 2 amide bonds. The van der Waals surface area contributed by atoms with Crippen LogP contribution in [0.4, 0.5) is 4.79 Å². The molecule has 1 aromatic rings. The fourth-order valence-corrected chi connectivity index (χ4v) is 2.97. The van der Waals surface area contributed by atoms with Crippen LogP contribution in [0.15, 0.2) is 42.5 Å². The number of esters is 1. The summed E-state index contributed by atoms with van der Waals surface area (Å²) < 4.78 is 10.7. The van der Waals surface area contributed by atoms with Crippen molar-refractivity contribution in [3.05, 3.63) is 48.0 Å². The molecule has 1 aliphatic heterocycles. The third kappa shape index (κ3) is 6.82. The fraction of sp³-hybridized carbons (Fsp3) is 0.522. The summed E-state index contributed by atoms with van der Waals surface area (Å²) in [6, 6.07) is 6.85. The van der Waals surface area contributed by atoms with Gasteiger partial charge in [-0.15, -0.1) is 0 Å². The Kier molecular flexibility index (Phi) is 7.84. The Balaban J connectivity index is 2.11. The number of nitrogens with zero attached hydrogens (tertiary/aromatic N) is 1. The van der Waals surface area contributed by atoms with Crippen LogP contribution in [0.3, 0.4) is 0 Å². The molecule has 0 saturated heterocycles. The van der Waals surface area contributed by atoms with E-state index in [9.17, 15) is 19.5 Å². The average Bonchev–Trinajstić information content (AvgIpc) is 3.19. The second-order valence-electron chi connectivity index (χ2n) is 8.75. The minimum Gasteiger partial charge on any atom is -0.459 e. The first-order valence-corrected chi connectivity index (χ1v) is 10.3. The van der Waals surface area contributed by atoms with Gasteiger partial charge in [0.2, 0.25) is 5.91 Å². The van der Waals surface area contributed by atoms with Gasteiger partial charge in [0.05, 0.1) is 5.60 Å². The van der Waals surface area contributed by atoms with Gasteiger partial charge >= 0.3 is 12.1 Å². The van der Waals surface area contributed by atoms with Crippen LogP contribution in [0.1, 0.15) is 46.6 Å². The lowest BCUT2D eigenvalue weighted by atomic mass is 9.93. The molecule has 8 nitrogen and oxygen atoms in total. The molecular weight excluding hydrogens is 400 g/mol. The number of hydrogen-bond donors (Lipinski definition) is 2. The number of amides is 2.